The van der Waals surface area contributed by atoms with Crippen LogP contribution in [0, 0.1) is 11.3 Å². The number of nitriles is 1. The predicted molar refractivity (Wildman–Crippen MR) is 112 cm³/mol. The number of carbonyl (C=O) groups excluding carboxylic acids is 1. The van der Waals surface area contributed by atoms with Crippen molar-refractivity contribution in [1.29, 1.82) is 5.26 Å². The first-order valence-corrected chi connectivity index (χ1v) is 8.66. The number of hydrogen-bond donors (Lipinski definition) is 3. The predicted octanol–water partition coefficient (Wildman–Crippen LogP) is 4.07. The Morgan fingerprint density at radius 2 is 1.79 bits per heavy atom. The van der Waals surface area contributed by atoms with Gasteiger partial charge in [0.15, 0.2) is 0 Å². The van der Waals surface area contributed by atoms with Crippen LogP contribution in [0.2, 0.25) is 0 Å². The lowest BCUT2D eigenvalue weighted by Gasteiger charge is -2.13. The summed E-state index contributed by atoms with van der Waals surface area (Å²) in [5.41, 5.74) is 2.22. The van der Waals surface area contributed by atoms with Gasteiger partial charge in [-0.05, 0) is 30.3 Å². The Hall–Kier alpha value is -3.98. The Kier molecular flexibility index (Phi) is 5.47. The van der Waals surface area contributed by atoms with Crippen molar-refractivity contribution < 1.29 is 9.90 Å². The molecule has 0 aliphatic rings. The summed E-state index contributed by atoms with van der Waals surface area (Å²) in [6, 6.07) is 19.8. The molecule has 6 nitrogen and oxygen atoms in total. The van der Waals surface area contributed by atoms with E-state index in [4.69, 9.17) is 0 Å². The molecule has 0 spiro atoms. The maximum absolute atomic E-state index is 12.6. The summed E-state index contributed by atoms with van der Waals surface area (Å²) in [5.74, 6) is -0.401. The lowest BCUT2D eigenvalue weighted by Crippen LogP contribution is -2.15. The van der Waals surface area contributed by atoms with E-state index >= 15 is 0 Å². The Bertz CT molecular complexity index is 1100. The average Bonchev–Trinajstić information content (AvgIpc) is 2.69. The van der Waals surface area contributed by atoms with Gasteiger partial charge in [-0.3, -0.25) is 4.79 Å². The topological polar surface area (TPSA) is 88.4 Å². The number of phenolic OH excluding ortho intramolecular Hbond substituents is 1. The quantitative estimate of drug-likeness (QED) is 0.464. The number of nitrogens with one attached hydrogen (secondary N) is 2. The minimum atomic E-state index is -0.533. The third-order valence-electron chi connectivity index (χ3n) is 4.26. The minimum Gasteiger partial charge on any atom is -0.507 e. The van der Waals surface area contributed by atoms with Gasteiger partial charge in [-0.25, -0.2) is 0 Å². The molecule has 0 saturated heterocycles. The van der Waals surface area contributed by atoms with Gasteiger partial charge in [0, 0.05) is 48.1 Å². The highest BCUT2D eigenvalue weighted by molar-refractivity contribution is 6.11. The van der Waals surface area contributed by atoms with E-state index in [1.807, 2.05) is 49.3 Å². The number of aromatic hydroxyl groups is 1. The van der Waals surface area contributed by atoms with Gasteiger partial charge in [-0.1, -0.05) is 30.3 Å². The molecule has 0 atom stereocenters. The maximum atomic E-state index is 12.6. The van der Waals surface area contributed by atoms with Crippen molar-refractivity contribution in [2.45, 2.75) is 0 Å². The normalized spacial score (nSPS) is 11.0. The molecule has 0 aromatic heterocycles. The largest absolute Gasteiger partial charge is 0.507 e. The SMILES string of the molecule is CN(C)c1cccc(N/C=C(/C#N)C(=O)Nc2cccc3c(O)cccc23)c1. The van der Waals surface area contributed by atoms with Crippen LogP contribution >= 0.6 is 0 Å². The molecule has 0 heterocycles. The number of carbonyl (C=O) groups is 1. The van der Waals surface area contributed by atoms with Crippen molar-refractivity contribution in [2.75, 3.05) is 29.6 Å². The lowest BCUT2D eigenvalue weighted by atomic mass is 10.1. The number of fused-ring (bicyclic) bond motifs is 1. The summed E-state index contributed by atoms with van der Waals surface area (Å²) >= 11 is 0. The number of amides is 1. The van der Waals surface area contributed by atoms with Gasteiger partial charge in [0.2, 0.25) is 0 Å². The van der Waals surface area contributed by atoms with Gasteiger partial charge in [-0.2, -0.15) is 5.26 Å². The van der Waals surface area contributed by atoms with Crippen molar-refractivity contribution in [1.82, 2.24) is 0 Å². The standard InChI is InChI=1S/C22H20N4O2/c1-26(2)17-7-3-6-16(12-17)24-14-15(13-23)22(28)25-20-10-4-9-19-18(20)8-5-11-21(19)27/h3-12,14,24,27H,1-2H3,(H,25,28)/b15-14-. The molecule has 3 rings (SSSR count). The second-order valence-corrected chi connectivity index (χ2v) is 6.39. The molecule has 28 heavy (non-hydrogen) atoms. The third-order valence-corrected chi connectivity index (χ3v) is 4.26. The zero-order valence-corrected chi connectivity index (χ0v) is 15.6. The van der Waals surface area contributed by atoms with Crippen LogP contribution in [-0.4, -0.2) is 25.1 Å². The summed E-state index contributed by atoms with van der Waals surface area (Å²) < 4.78 is 0. The van der Waals surface area contributed by atoms with Gasteiger partial charge < -0.3 is 20.6 Å². The summed E-state index contributed by atoms with van der Waals surface area (Å²) in [6.45, 7) is 0. The van der Waals surface area contributed by atoms with E-state index < -0.39 is 5.91 Å². The van der Waals surface area contributed by atoms with E-state index in [2.05, 4.69) is 10.6 Å². The fourth-order valence-corrected chi connectivity index (χ4v) is 2.77. The van der Waals surface area contributed by atoms with E-state index in [9.17, 15) is 15.2 Å². The van der Waals surface area contributed by atoms with Crippen molar-refractivity contribution in [3.8, 4) is 11.8 Å². The van der Waals surface area contributed by atoms with Crippen molar-refractivity contribution in [3.05, 3.63) is 72.4 Å². The monoisotopic (exact) mass is 372 g/mol. The Labute approximate surface area is 163 Å². The molecule has 0 fully saturated rings. The number of nitrogens with zero attached hydrogens (tertiary/aromatic N) is 2. The number of rotatable bonds is 5. The zero-order valence-electron chi connectivity index (χ0n) is 15.6. The number of benzene rings is 3. The van der Waals surface area contributed by atoms with Gasteiger partial charge in [0.1, 0.15) is 17.4 Å². The first kappa shape index (κ1) is 18.8. The van der Waals surface area contributed by atoms with Crippen LogP contribution in [0.5, 0.6) is 5.75 Å². The summed E-state index contributed by atoms with van der Waals surface area (Å²) in [4.78, 5) is 14.5. The first-order chi connectivity index (χ1) is 13.5. The molecule has 0 unspecified atom stereocenters. The minimum absolute atomic E-state index is 0.0626. The van der Waals surface area contributed by atoms with Gasteiger partial charge in [0.25, 0.3) is 5.91 Å². The van der Waals surface area contributed by atoms with Crippen LogP contribution in [0.1, 0.15) is 0 Å². The smallest absolute Gasteiger partial charge is 0.267 e. The molecule has 0 aliphatic carbocycles. The molecule has 3 N–H and O–H groups in total. The second kappa shape index (κ2) is 8.14. The number of hydrogen-bond acceptors (Lipinski definition) is 5. The molecule has 0 aliphatic heterocycles. The molecule has 1 amide bonds. The van der Waals surface area contributed by atoms with Crippen LogP contribution in [-0.2, 0) is 4.79 Å². The van der Waals surface area contributed by atoms with Crippen molar-refractivity contribution in [2.24, 2.45) is 0 Å². The van der Waals surface area contributed by atoms with Gasteiger partial charge in [0.05, 0.1) is 0 Å². The molecule has 0 saturated carbocycles. The van der Waals surface area contributed by atoms with Gasteiger partial charge >= 0.3 is 0 Å². The number of phenols is 1. The van der Waals surface area contributed by atoms with Gasteiger partial charge in [-0.15, -0.1) is 0 Å². The fourth-order valence-electron chi connectivity index (χ4n) is 2.77. The van der Waals surface area contributed by atoms with Crippen LogP contribution in [0.3, 0.4) is 0 Å². The van der Waals surface area contributed by atoms with E-state index in [0.29, 0.717) is 16.5 Å². The van der Waals surface area contributed by atoms with Crippen LogP contribution < -0.4 is 15.5 Å². The second-order valence-electron chi connectivity index (χ2n) is 6.39. The Morgan fingerprint density at radius 1 is 1.07 bits per heavy atom. The van der Waals surface area contributed by atoms with Crippen LogP contribution in [0.4, 0.5) is 17.1 Å². The molecule has 140 valence electrons. The zero-order chi connectivity index (χ0) is 20.1. The average molecular weight is 372 g/mol. The Morgan fingerprint density at radius 3 is 2.54 bits per heavy atom. The van der Waals surface area contributed by atoms with E-state index in [1.54, 1.807) is 36.4 Å². The summed E-state index contributed by atoms with van der Waals surface area (Å²) in [6.07, 6.45) is 1.38. The van der Waals surface area contributed by atoms with Crippen LogP contribution in [0.15, 0.2) is 72.4 Å². The summed E-state index contributed by atoms with van der Waals surface area (Å²) in [5, 5.41) is 26.4. The van der Waals surface area contributed by atoms with E-state index in [0.717, 1.165) is 11.4 Å². The third kappa shape index (κ3) is 4.05. The molecule has 0 radical (unpaired) electrons. The molecule has 3 aromatic rings. The molecule has 6 heteroatoms. The highest BCUT2D eigenvalue weighted by Crippen LogP contribution is 2.30. The fraction of sp³-hybridized carbons (Fsp3) is 0.0909. The molecule has 3 aromatic carbocycles. The lowest BCUT2D eigenvalue weighted by molar-refractivity contribution is -0.112. The van der Waals surface area contributed by atoms with E-state index in [1.165, 1.54) is 6.20 Å². The van der Waals surface area contributed by atoms with E-state index in [-0.39, 0.29) is 11.3 Å². The number of anilines is 3. The highest BCUT2D eigenvalue weighted by Gasteiger charge is 2.12. The maximum Gasteiger partial charge on any atom is 0.267 e. The van der Waals surface area contributed by atoms with Crippen molar-refractivity contribution >= 4 is 33.7 Å². The van der Waals surface area contributed by atoms with Crippen LogP contribution in [0.25, 0.3) is 10.8 Å². The highest BCUT2D eigenvalue weighted by atomic mass is 16.3. The molecular weight excluding hydrogens is 352 g/mol. The molecular formula is C22H20N4O2. The first-order valence-electron chi connectivity index (χ1n) is 8.66. The Balaban J connectivity index is 1.81. The van der Waals surface area contributed by atoms with Crippen molar-refractivity contribution in [3.63, 3.8) is 0 Å². The summed E-state index contributed by atoms with van der Waals surface area (Å²) in [7, 11) is 3.87. The molecule has 0 bridgehead atoms.